The van der Waals surface area contributed by atoms with E-state index in [2.05, 4.69) is 44.9 Å². The second-order valence-electron chi connectivity index (χ2n) is 6.85. The number of benzene rings is 3. The van der Waals surface area contributed by atoms with Crippen molar-refractivity contribution in [2.45, 2.75) is 13.0 Å². The standard InChI is InChI=1S/C25H24N4O/c1-3-7-20(8-4-1)15-17-26-25-27-18-16-24(29-25)28-22-11-13-23(14-12-22)30-19-21-9-5-2-6-10-21/h1-14,16,18H,15,17,19H2,(H2,26,27,28,29). The highest BCUT2D eigenvalue weighted by atomic mass is 16.5. The molecular formula is C25H24N4O. The third-order valence-electron chi connectivity index (χ3n) is 4.57. The smallest absolute Gasteiger partial charge is 0.224 e. The zero-order valence-electron chi connectivity index (χ0n) is 16.7. The normalized spacial score (nSPS) is 10.4. The van der Waals surface area contributed by atoms with Crippen LogP contribution in [-0.4, -0.2) is 16.5 Å². The lowest BCUT2D eigenvalue weighted by molar-refractivity contribution is 0.306. The van der Waals surface area contributed by atoms with Gasteiger partial charge in [0.2, 0.25) is 5.95 Å². The Hall–Kier alpha value is -3.86. The first-order valence-electron chi connectivity index (χ1n) is 10.00. The van der Waals surface area contributed by atoms with Crippen LogP contribution in [0.15, 0.2) is 97.2 Å². The van der Waals surface area contributed by atoms with Gasteiger partial charge in [0.05, 0.1) is 0 Å². The van der Waals surface area contributed by atoms with Gasteiger partial charge in [0.1, 0.15) is 18.2 Å². The van der Waals surface area contributed by atoms with Crippen molar-refractivity contribution >= 4 is 17.5 Å². The van der Waals surface area contributed by atoms with E-state index < -0.39 is 0 Å². The quantitative estimate of drug-likeness (QED) is 0.394. The lowest BCUT2D eigenvalue weighted by atomic mass is 10.1. The Kier molecular flexibility index (Phi) is 6.53. The van der Waals surface area contributed by atoms with Gasteiger partial charge >= 0.3 is 0 Å². The lowest BCUT2D eigenvalue weighted by Crippen LogP contribution is -2.08. The molecule has 0 amide bonds. The van der Waals surface area contributed by atoms with Crippen LogP contribution in [0.4, 0.5) is 17.5 Å². The van der Waals surface area contributed by atoms with E-state index in [0.717, 1.165) is 35.8 Å². The number of ether oxygens (including phenoxy) is 1. The summed E-state index contributed by atoms with van der Waals surface area (Å²) < 4.78 is 5.83. The van der Waals surface area contributed by atoms with Crippen LogP contribution in [-0.2, 0) is 13.0 Å². The zero-order valence-corrected chi connectivity index (χ0v) is 16.7. The first kappa shape index (κ1) is 19.5. The molecule has 0 spiro atoms. The number of hydrogen-bond acceptors (Lipinski definition) is 5. The molecule has 5 heteroatoms. The Morgan fingerprint density at radius 1 is 0.733 bits per heavy atom. The molecule has 0 fully saturated rings. The largest absolute Gasteiger partial charge is 0.489 e. The van der Waals surface area contributed by atoms with Crippen molar-refractivity contribution in [2.75, 3.05) is 17.2 Å². The van der Waals surface area contributed by atoms with Crippen LogP contribution in [0.1, 0.15) is 11.1 Å². The maximum atomic E-state index is 5.83. The van der Waals surface area contributed by atoms with Crippen molar-refractivity contribution in [3.8, 4) is 5.75 Å². The maximum Gasteiger partial charge on any atom is 0.224 e. The highest BCUT2D eigenvalue weighted by Crippen LogP contribution is 2.20. The van der Waals surface area contributed by atoms with Crippen LogP contribution in [0.2, 0.25) is 0 Å². The predicted octanol–water partition coefficient (Wildman–Crippen LogP) is 5.45. The second kappa shape index (κ2) is 10.1. The van der Waals surface area contributed by atoms with Gasteiger partial charge in [-0.25, -0.2) is 4.98 Å². The topological polar surface area (TPSA) is 59.1 Å². The molecule has 0 unspecified atom stereocenters. The molecule has 4 aromatic rings. The maximum absolute atomic E-state index is 5.83. The van der Waals surface area contributed by atoms with Crippen molar-refractivity contribution in [1.29, 1.82) is 0 Å². The van der Waals surface area contributed by atoms with Crippen LogP contribution in [0.5, 0.6) is 5.75 Å². The van der Waals surface area contributed by atoms with Crippen molar-refractivity contribution in [1.82, 2.24) is 9.97 Å². The van der Waals surface area contributed by atoms with Crippen molar-refractivity contribution < 1.29 is 4.74 Å². The summed E-state index contributed by atoms with van der Waals surface area (Å²) in [6.45, 7) is 1.33. The Morgan fingerprint density at radius 3 is 2.17 bits per heavy atom. The Morgan fingerprint density at radius 2 is 1.43 bits per heavy atom. The molecule has 0 saturated carbocycles. The summed E-state index contributed by atoms with van der Waals surface area (Å²) in [5.74, 6) is 2.18. The van der Waals surface area contributed by atoms with Gasteiger partial charge in [-0.15, -0.1) is 0 Å². The Balaban J connectivity index is 1.29. The molecule has 5 nitrogen and oxygen atoms in total. The summed E-state index contributed by atoms with van der Waals surface area (Å²) in [6.07, 6.45) is 2.67. The fraction of sp³-hybridized carbons (Fsp3) is 0.120. The minimum Gasteiger partial charge on any atom is -0.489 e. The first-order chi connectivity index (χ1) is 14.8. The number of hydrogen-bond donors (Lipinski definition) is 2. The molecule has 150 valence electrons. The van der Waals surface area contributed by atoms with Crippen molar-refractivity contribution in [2.24, 2.45) is 0 Å². The third kappa shape index (κ3) is 5.82. The number of nitrogens with one attached hydrogen (secondary N) is 2. The molecule has 30 heavy (non-hydrogen) atoms. The van der Waals surface area contributed by atoms with Gasteiger partial charge in [-0.05, 0) is 47.9 Å². The second-order valence-corrected chi connectivity index (χ2v) is 6.85. The highest BCUT2D eigenvalue weighted by Gasteiger charge is 2.02. The summed E-state index contributed by atoms with van der Waals surface area (Å²) in [7, 11) is 0. The molecule has 0 bridgehead atoms. The molecule has 0 aliphatic rings. The Labute approximate surface area is 176 Å². The summed E-state index contributed by atoms with van der Waals surface area (Å²) in [5, 5.41) is 6.59. The van der Waals surface area contributed by atoms with E-state index in [9.17, 15) is 0 Å². The molecule has 0 aliphatic heterocycles. The van der Waals surface area contributed by atoms with Crippen LogP contribution in [0.3, 0.4) is 0 Å². The van der Waals surface area contributed by atoms with E-state index in [4.69, 9.17) is 4.74 Å². The lowest BCUT2D eigenvalue weighted by Gasteiger charge is -2.10. The van der Waals surface area contributed by atoms with E-state index in [1.807, 2.05) is 66.7 Å². The molecule has 1 aromatic heterocycles. The van der Waals surface area contributed by atoms with E-state index in [1.165, 1.54) is 5.56 Å². The van der Waals surface area contributed by atoms with E-state index in [1.54, 1.807) is 6.20 Å². The van der Waals surface area contributed by atoms with Gasteiger partial charge in [-0.1, -0.05) is 60.7 Å². The summed E-state index contributed by atoms with van der Waals surface area (Å²) in [4.78, 5) is 8.83. The summed E-state index contributed by atoms with van der Waals surface area (Å²) >= 11 is 0. The molecule has 0 saturated heterocycles. The molecule has 1 heterocycles. The monoisotopic (exact) mass is 396 g/mol. The SMILES string of the molecule is c1ccc(CCNc2nccc(Nc3ccc(OCc4ccccc4)cc3)n2)cc1. The van der Waals surface area contributed by atoms with E-state index in [-0.39, 0.29) is 0 Å². The molecular weight excluding hydrogens is 372 g/mol. The molecule has 3 aromatic carbocycles. The van der Waals surface area contributed by atoms with E-state index >= 15 is 0 Å². The van der Waals surface area contributed by atoms with Gasteiger partial charge in [-0.3, -0.25) is 0 Å². The van der Waals surface area contributed by atoms with Crippen molar-refractivity contribution in [3.63, 3.8) is 0 Å². The fourth-order valence-electron chi connectivity index (χ4n) is 3.00. The minimum absolute atomic E-state index is 0.553. The van der Waals surface area contributed by atoms with E-state index in [0.29, 0.717) is 12.6 Å². The molecule has 0 radical (unpaired) electrons. The summed E-state index contributed by atoms with van der Waals surface area (Å²) in [5.41, 5.74) is 3.37. The van der Waals surface area contributed by atoms with Gasteiger partial charge in [0.15, 0.2) is 0 Å². The van der Waals surface area contributed by atoms with Gasteiger partial charge < -0.3 is 15.4 Å². The van der Waals surface area contributed by atoms with Crippen LogP contribution in [0, 0.1) is 0 Å². The van der Waals surface area contributed by atoms with Crippen LogP contribution < -0.4 is 15.4 Å². The molecule has 4 rings (SSSR count). The van der Waals surface area contributed by atoms with Crippen LogP contribution in [0.25, 0.3) is 0 Å². The first-order valence-corrected chi connectivity index (χ1v) is 10.00. The molecule has 0 atom stereocenters. The number of anilines is 3. The van der Waals surface area contributed by atoms with Crippen molar-refractivity contribution in [3.05, 3.63) is 108 Å². The zero-order chi connectivity index (χ0) is 20.4. The van der Waals surface area contributed by atoms with Gasteiger partial charge in [0, 0.05) is 18.4 Å². The van der Waals surface area contributed by atoms with Crippen LogP contribution >= 0.6 is 0 Å². The average Bonchev–Trinajstić information content (AvgIpc) is 2.80. The van der Waals surface area contributed by atoms with Gasteiger partial charge in [-0.2, -0.15) is 4.98 Å². The minimum atomic E-state index is 0.553. The molecule has 2 N–H and O–H groups in total. The number of aromatic nitrogens is 2. The summed E-state index contributed by atoms with van der Waals surface area (Å²) in [6, 6.07) is 30.2. The van der Waals surface area contributed by atoms with Gasteiger partial charge in [0.25, 0.3) is 0 Å². The molecule has 0 aliphatic carbocycles. The fourth-order valence-corrected chi connectivity index (χ4v) is 3.00. The average molecular weight is 396 g/mol. The Bertz CT molecular complexity index is 1040. The number of rotatable bonds is 9. The number of nitrogens with zero attached hydrogens (tertiary/aromatic N) is 2. The third-order valence-corrected chi connectivity index (χ3v) is 4.57. The predicted molar refractivity (Wildman–Crippen MR) is 121 cm³/mol. The highest BCUT2D eigenvalue weighted by molar-refractivity contribution is 5.57.